The smallest absolute Gasteiger partial charge is 0.338 e. The molecule has 3 N–H and O–H groups in total. The molecule has 36 heavy (non-hydrogen) atoms. The van der Waals surface area contributed by atoms with Crippen molar-refractivity contribution in [3.05, 3.63) is 64.2 Å². The minimum Gasteiger partial charge on any atom is -0.462 e. The van der Waals surface area contributed by atoms with Crippen LogP contribution in [0.4, 0.5) is 10.5 Å². The number of nitrogens with one attached hydrogen (secondary N) is 2. The highest BCUT2D eigenvalue weighted by Gasteiger charge is 2.39. The van der Waals surface area contributed by atoms with Crippen LogP contribution in [0.3, 0.4) is 0 Å². The van der Waals surface area contributed by atoms with E-state index in [0.717, 1.165) is 24.0 Å². The zero-order chi connectivity index (χ0) is 27.1. The standard InChI is InChI=1S/C29H41ClN2O4/c1-8-36-26(34)21-10-13-23(14-11-21)31-27(35)32-29(7,24(18-33)19(2)3)22-12-9-20(25(30)17-22)15-16-28(4,5)6/h9-14,17,19,24,33H,8,15-16,18H2,1-7H3,(H2,31,32,35)/t24-,29?/m1/s1. The number of esters is 1. The minimum absolute atomic E-state index is 0.0866. The SMILES string of the molecule is CCOC(=O)c1ccc(NC(=O)NC(C)(c2ccc(CCC(C)(C)C)c(Cl)c2)[C@H](CO)C(C)C)cc1. The van der Waals surface area contributed by atoms with Crippen molar-refractivity contribution in [2.75, 3.05) is 18.5 Å². The van der Waals surface area contributed by atoms with Gasteiger partial charge in [0.1, 0.15) is 0 Å². The van der Waals surface area contributed by atoms with Gasteiger partial charge in [-0.1, -0.05) is 58.4 Å². The second-order valence-electron chi connectivity index (χ2n) is 11.0. The van der Waals surface area contributed by atoms with Crippen LogP contribution in [0.25, 0.3) is 0 Å². The molecule has 0 saturated heterocycles. The fourth-order valence-electron chi connectivity index (χ4n) is 4.32. The number of ether oxygens (including phenoxy) is 1. The number of carbonyl (C=O) groups is 2. The molecule has 0 aliphatic rings. The largest absolute Gasteiger partial charge is 0.462 e. The molecule has 0 aromatic heterocycles. The normalized spacial score (nSPS) is 14.2. The fraction of sp³-hybridized carbons (Fsp3) is 0.517. The Morgan fingerprint density at radius 1 is 1.06 bits per heavy atom. The van der Waals surface area contributed by atoms with Crippen LogP contribution in [0.1, 0.15) is 76.4 Å². The van der Waals surface area contributed by atoms with Crippen molar-refractivity contribution in [2.45, 2.75) is 66.8 Å². The van der Waals surface area contributed by atoms with Gasteiger partial charge in [-0.15, -0.1) is 0 Å². The first-order valence-corrected chi connectivity index (χ1v) is 12.9. The number of anilines is 1. The molecule has 0 aliphatic heterocycles. The minimum atomic E-state index is -0.885. The molecule has 0 radical (unpaired) electrons. The Kier molecular flexibility index (Phi) is 10.4. The quantitative estimate of drug-likeness (QED) is 0.303. The van der Waals surface area contributed by atoms with Gasteiger partial charge >= 0.3 is 12.0 Å². The number of aliphatic hydroxyl groups excluding tert-OH is 1. The van der Waals surface area contributed by atoms with Gasteiger partial charge in [0.05, 0.1) is 17.7 Å². The lowest BCUT2D eigenvalue weighted by Gasteiger charge is -2.40. The van der Waals surface area contributed by atoms with Crippen LogP contribution in [0, 0.1) is 17.3 Å². The number of carbonyl (C=O) groups excluding carboxylic acids is 2. The molecular weight excluding hydrogens is 476 g/mol. The highest BCUT2D eigenvalue weighted by Crippen LogP contribution is 2.37. The number of aryl methyl sites for hydroxylation is 1. The van der Waals surface area contributed by atoms with Crippen molar-refractivity contribution < 1.29 is 19.4 Å². The highest BCUT2D eigenvalue weighted by atomic mass is 35.5. The molecular formula is C29H41ClN2O4. The van der Waals surface area contributed by atoms with Crippen LogP contribution in [0.5, 0.6) is 0 Å². The number of urea groups is 1. The third kappa shape index (κ3) is 7.97. The molecule has 0 heterocycles. The predicted molar refractivity (Wildman–Crippen MR) is 147 cm³/mol. The van der Waals surface area contributed by atoms with Gasteiger partial charge in [0.15, 0.2) is 0 Å². The first kappa shape index (κ1) is 29.7. The first-order chi connectivity index (χ1) is 16.8. The molecule has 0 spiro atoms. The summed E-state index contributed by atoms with van der Waals surface area (Å²) in [4.78, 5) is 25.0. The molecule has 7 heteroatoms. The number of hydrogen-bond donors (Lipinski definition) is 3. The van der Waals surface area contributed by atoms with E-state index in [1.54, 1.807) is 31.2 Å². The maximum absolute atomic E-state index is 13.1. The van der Waals surface area contributed by atoms with Crippen molar-refractivity contribution >= 4 is 29.3 Å². The Balaban J connectivity index is 2.29. The van der Waals surface area contributed by atoms with Crippen LogP contribution in [0.15, 0.2) is 42.5 Å². The third-order valence-electron chi connectivity index (χ3n) is 6.57. The van der Waals surface area contributed by atoms with E-state index >= 15 is 0 Å². The molecule has 2 aromatic rings. The van der Waals surface area contributed by atoms with Gasteiger partial charge in [-0.2, -0.15) is 0 Å². The fourth-order valence-corrected chi connectivity index (χ4v) is 4.60. The Hall–Kier alpha value is -2.57. The Morgan fingerprint density at radius 2 is 1.69 bits per heavy atom. The Bertz CT molecular complexity index is 1030. The topological polar surface area (TPSA) is 87.7 Å². The van der Waals surface area contributed by atoms with Crippen molar-refractivity contribution in [2.24, 2.45) is 17.3 Å². The van der Waals surface area contributed by atoms with Crippen molar-refractivity contribution in [1.82, 2.24) is 5.32 Å². The lowest BCUT2D eigenvalue weighted by Crippen LogP contribution is -2.53. The number of halogens is 1. The van der Waals surface area contributed by atoms with E-state index in [2.05, 4.69) is 31.4 Å². The summed E-state index contributed by atoms with van der Waals surface area (Å²) in [6.07, 6.45) is 1.87. The Morgan fingerprint density at radius 3 is 2.19 bits per heavy atom. The van der Waals surface area contributed by atoms with Gasteiger partial charge < -0.3 is 20.5 Å². The molecule has 0 aliphatic carbocycles. The van der Waals surface area contributed by atoms with Gasteiger partial charge in [-0.3, -0.25) is 0 Å². The van der Waals surface area contributed by atoms with Crippen LogP contribution in [-0.2, 0) is 16.7 Å². The summed E-state index contributed by atoms with van der Waals surface area (Å²) in [6.45, 7) is 14.5. The van der Waals surface area contributed by atoms with Gasteiger partial charge in [0, 0.05) is 23.2 Å². The number of amides is 2. The summed E-state index contributed by atoms with van der Waals surface area (Å²) in [6, 6.07) is 12.0. The van der Waals surface area contributed by atoms with E-state index in [4.69, 9.17) is 16.3 Å². The number of aliphatic hydroxyl groups is 1. The molecule has 2 rings (SSSR count). The van der Waals surface area contributed by atoms with Crippen LogP contribution < -0.4 is 10.6 Å². The van der Waals surface area contributed by atoms with Crippen LogP contribution in [-0.4, -0.2) is 30.3 Å². The second-order valence-corrected chi connectivity index (χ2v) is 11.4. The molecule has 2 aromatic carbocycles. The van der Waals surface area contributed by atoms with E-state index in [1.807, 2.05) is 39.0 Å². The van der Waals surface area contributed by atoms with E-state index in [9.17, 15) is 14.7 Å². The van der Waals surface area contributed by atoms with Crippen molar-refractivity contribution in [3.63, 3.8) is 0 Å². The molecule has 6 nitrogen and oxygen atoms in total. The number of benzene rings is 2. The molecule has 2 amide bonds. The number of hydrogen-bond acceptors (Lipinski definition) is 4. The molecule has 0 saturated carbocycles. The summed E-state index contributed by atoms with van der Waals surface area (Å²) in [7, 11) is 0. The van der Waals surface area contributed by atoms with Crippen LogP contribution >= 0.6 is 11.6 Å². The molecule has 0 fully saturated rings. The van der Waals surface area contributed by atoms with E-state index in [0.29, 0.717) is 22.9 Å². The lowest BCUT2D eigenvalue weighted by molar-refractivity contribution is 0.0526. The third-order valence-corrected chi connectivity index (χ3v) is 6.92. The summed E-state index contributed by atoms with van der Waals surface area (Å²) in [5.74, 6) is -0.582. The molecule has 2 atom stereocenters. The molecule has 0 bridgehead atoms. The van der Waals surface area contributed by atoms with Gasteiger partial charge in [-0.05, 0) is 79.5 Å². The second kappa shape index (κ2) is 12.6. The average Bonchev–Trinajstić information content (AvgIpc) is 2.78. The molecule has 198 valence electrons. The van der Waals surface area contributed by atoms with Crippen molar-refractivity contribution in [1.29, 1.82) is 0 Å². The van der Waals surface area contributed by atoms with Gasteiger partial charge in [0.2, 0.25) is 0 Å². The average molecular weight is 517 g/mol. The maximum atomic E-state index is 13.1. The number of rotatable bonds is 10. The van der Waals surface area contributed by atoms with E-state index < -0.39 is 17.5 Å². The van der Waals surface area contributed by atoms with Gasteiger partial charge in [0.25, 0.3) is 0 Å². The first-order valence-electron chi connectivity index (χ1n) is 12.6. The zero-order valence-electron chi connectivity index (χ0n) is 22.6. The van der Waals surface area contributed by atoms with E-state index in [-0.39, 0.29) is 23.9 Å². The zero-order valence-corrected chi connectivity index (χ0v) is 23.3. The van der Waals surface area contributed by atoms with Gasteiger partial charge in [-0.25, -0.2) is 9.59 Å². The van der Waals surface area contributed by atoms with E-state index in [1.165, 1.54) is 0 Å². The van der Waals surface area contributed by atoms with Crippen LogP contribution in [0.2, 0.25) is 5.02 Å². The maximum Gasteiger partial charge on any atom is 0.338 e. The lowest BCUT2D eigenvalue weighted by atomic mass is 9.74. The molecule has 1 unspecified atom stereocenters. The highest BCUT2D eigenvalue weighted by molar-refractivity contribution is 6.31. The Labute approximate surface area is 220 Å². The summed E-state index contributed by atoms with van der Waals surface area (Å²) in [5, 5.41) is 16.8. The predicted octanol–water partition coefficient (Wildman–Crippen LogP) is 6.80. The summed E-state index contributed by atoms with van der Waals surface area (Å²) >= 11 is 6.69. The summed E-state index contributed by atoms with van der Waals surface area (Å²) in [5.41, 5.74) is 2.15. The summed E-state index contributed by atoms with van der Waals surface area (Å²) < 4.78 is 5.00. The monoisotopic (exact) mass is 516 g/mol. The van der Waals surface area contributed by atoms with Crippen molar-refractivity contribution in [3.8, 4) is 0 Å².